The standard InChI is InChI=1S/C30H18BrNS/c31-25-17-20(18-29-30(25)23-11-5-7-13-28(23)33-29)19-14-15-27-24(16-19)22-10-4-6-12-26(22)32(27)21-8-2-1-3-9-21/h1-18H. The summed E-state index contributed by atoms with van der Waals surface area (Å²) in [6.07, 6.45) is 0. The van der Waals surface area contributed by atoms with E-state index in [9.17, 15) is 0 Å². The second-order valence-corrected chi connectivity index (χ2v) is 10.3. The van der Waals surface area contributed by atoms with Crippen LogP contribution in [-0.4, -0.2) is 4.57 Å². The fourth-order valence-electron chi connectivity index (χ4n) is 4.98. The van der Waals surface area contributed by atoms with Crippen LogP contribution in [0.5, 0.6) is 0 Å². The van der Waals surface area contributed by atoms with Crippen LogP contribution in [-0.2, 0) is 0 Å². The van der Waals surface area contributed by atoms with Crippen LogP contribution in [0.2, 0.25) is 0 Å². The van der Waals surface area contributed by atoms with Gasteiger partial charge in [0.2, 0.25) is 0 Å². The average molecular weight is 504 g/mol. The van der Waals surface area contributed by atoms with Crippen LogP contribution in [0.3, 0.4) is 0 Å². The number of fused-ring (bicyclic) bond motifs is 6. The lowest BCUT2D eigenvalue weighted by molar-refractivity contribution is 1.18. The minimum absolute atomic E-state index is 1.15. The van der Waals surface area contributed by atoms with Crippen LogP contribution in [0.1, 0.15) is 0 Å². The first kappa shape index (κ1) is 19.1. The summed E-state index contributed by atoms with van der Waals surface area (Å²) in [6.45, 7) is 0. The van der Waals surface area contributed by atoms with Gasteiger partial charge in [-0.15, -0.1) is 11.3 Å². The molecule has 2 heterocycles. The van der Waals surface area contributed by atoms with E-state index in [1.807, 2.05) is 11.3 Å². The zero-order chi connectivity index (χ0) is 21.9. The lowest BCUT2D eigenvalue weighted by atomic mass is 10.0. The Morgan fingerprint density at radius 2 is 1.27 bits per heavy atom. The van der Waals surface area contributed by atoms with Crippen molar-refractivity contribution in [2.75, 3.05) is 0 Å². The number of nitrogens with zero attached hydrogens (tertiary/aromatic N) is 1. The number of aromatic nitrogens is 1. The van der Waals surface area contributed by atoms with Gasteiger partial charge in [-0.2, -0.15) is 0 Å². The van der Waals surface area contributed by atoms with Crippen LogP contribution in [0.4, 0.5) is 0 Å². The molecule has 7 aromatic rings. The van der Waals surface area contributed by atoms with E-state index >= 15 is 0 Å². The molecule has 0 N–H and O–H groups in total. The Balaban J connectivity index is 1.49. The molecule has 0 atom stereocenters. The molecule has 0 amide bonds. The molecule has 0 radical (unpaired) electrons. The first-order chi connectivity index (χ1) is 16.3. The average Bonchev–Trinajstić information content (AvgIpc) is 3.40. The van der Waals surface area contributed by atoms with Crippen molar-refractivity contribution in [2.24, 2.45) is 0 Å². The predicted molar refractivity (Wildman–Crippen MR) is 147 cm³/mol. The smallest absolute Gasteiger partial charge is 0.0541 e. The number of hydrogen-bond acceptors (Lipinski definition) is 1. The van der Waals surface area contributed by atoms with Crippen molar-refractivity contribution in [3.05, 3.63) is 114 Å². The summed E-state index contributed by atoms with van der Waals surface area (Å²) in [4.78, 5) is 0. The molecule has 0 saturated heterocycles. The maximum Gasteiger partial charge on any atom is 0.0541 e. The zero-order valence-corrected chi connectivity index (χ0v) is 20.0. The van der Waals surface area contributed by atoms with E-state index in [0.29, 0.717) is 0 Å². The van der Waals surface area contributed by atoms with Gasteiger partial charge in [-0.1, -0.05) is 76.6 Å². The van der Waals surface area contributed by atoms with Crippen molar-refractivity contribution >= 4 is 69.2 Å². The minimum Gasteiger partial charge on any atom is -0.309 e. The highest BCUT2D eigenvalue weighted by atomic mass is 79.9. The third-order valence-corrected chi connectivity index (χ3v) is 8.19. The van der Waals surface area contributed by atoms with Gasteiger partial charge in [0.05, 0.1) is 11.0 Å². The second kappa shape index (κ2) is 7.31. The SMILES string of the molecule is Brc1cc(-c2ccc3c(c2)c2ccccc2n3-c2ccccc2)cc2sc3ccccc3c12. The van der Waals surface area contributed by atoms with Gasteiger partial charge >= 0.3 is 0 Å². The van der Waals surface area contributed by atoms with Gasteiger partial charge in [0.1, 0.15) is 0 Å². The van der Waals surface area contributed by atoms with Crippen molar-refractivity contribution in [3.63, 3.8) is 0 Å². The maximum absolute atomic E-state index is 3.87. The molecule has 156 valence electrons. The van der Waals surface area contributed by atoms with E-state index in [-0.39, 0.29) is 0 Å². The highest BCUT2D eigenvalue weighted by Crippen LogP contribution is 2.42. The molecular weight excluding hydrogens is 486 g/mol. The largest absolute Gasteiger partial charge is 0.309 e. The molecule has 0 saturated carbocycles. The number of benzene rings is 5. The van der Waals surface area contributed by atoms with E-state index < -0.39 is 0 Å². The van der Waals surface area contributed by atoms with Gasteiger partial charge in [-0.3, -0.25) is 0 Å². The molecule has 0 spiro atoms. The fraction of sp³-hybridized carbons (Fsp3) is 0. The molecule has 0 aliphatic rings. The summed E-state index contributed by atoms with van der Waals surface area (Å²) in [6, 6.07) is 39.4. The van der Waals surface area contributed by atoms with E-state index in [1.165, 1.54) is 58.8 Å². The van der Waals surface area contributed by atoms with Crippen LogP contribution in [0.25, 0.3) is 58.8 Å². The quantitative estimate of drug-likeness (QED) is 0.221. The third-order valence-electron chi connectivity index (χ3n) is 6.45. The topological polar surface area (TPSA) is 4.93 Å². The van der Waals surface area contributed by atoms with Gasteiger partial charge in [0, 0.05) is 41.1 Å². The molecule has 0 fully saturated rings. The molecule has 33 heavy (non-hydrogen) atoms. The van der Waals surface area contributed by atoms with Gasteiger partial charge < -0.3 is 4.57 Å². The number of hydrogen-bond donors (Lipinski definition) is 0. The van der Waals surface area contributed by atoms with Crippen LogP contribution >= 0.6 is 27.3 Å². The van der Waals surface area contributed by atoms with Crippen molar-refractivity contribution < 1.29 is 0 Å². The Bertz CT molecular complexity index is 1830. The van der Waals surface area contributed by atoms with E-state index in [2.05, 4.69) is 130 Å². The second-order valence-electron chi connectivity index (χ2n) is 8.35. The molecule has 3 heteroatoms. The van der Waals surface area contributed by atoms with Crippen molar-refractivity contribution in [3.8, 4) is 16.8 Å². The lowest BCUT2D eigenvalue weighted by Crippen LogP contribution is -1.92. The molecule has 0 unspecified atom stereocenters. The highest BCUT2D eigenvalue weighted by molar-refractivity contribution is 9.10. The minimum atomic E-state index is 1.15. The Morgan fingerprint density at radius 1 is 0.545 bits per heavy atom. The third kappa shape index (κ3) is 2.90. The van der Waals surface area contributed by atoms with Gasteiger partial charge in [0.15, 0.2) is 0 Å². The van der Waals surface area contributed by atoms with Crippen LogP contribution in [0.15, 0.2) is 114 Å². The summed E-state index contributed by atoms with van der Waals surface area (Å²) in [5.74, 6) is 0. The molecule has 0 bridgehead atoms. The summed E-state index contributed by atoms with van der Waals surface area (Å²) in [7, 11) is 0. The number of thiophene rings is 1. The zero-order valence-electron chi connectivity index (χ0n) is 17.6. The summed E-state index contributed by atoms with van der Waals surface area (Å²) >= 11 is 5.73. The highest BCUT2D eigenvalue weighted by Gasteiger charge is 2.14. The molecule has 0 aliphatic heterocycles. The normalized spacial score (nSPS) is 11.8. The summed E-state index contributed by atoms with van der Waals surface area (Å²) < 4.78 is 6.15. The van der Waals surface area contributed by atoms with Crippen LogP contribution in [0, 0.1) is 0 Å². The Labute approximate surface area is 203 Å². The van der Waals surface area contributed by atoms with E-state index in [1.54, 1.807) is 0 Å². The molecule has 5 aromatic carbocycles. The van der Waals surface area contributed by atoms with Crippen LogP contribution < -0.4 is 0 Å². The Hall–Kier alpha value is -3.40. The molecule has 7 rings (SSSR count). The predicted octanol–water partition coefficient (Wildman–Crippen LogP) is 9.58. The molecule has 2 aromatic heterocycles. The van der Waals surface area contributed by atoms with Gasteiger partial charge in [-0.05, 0) is 59.7 Å². The maximum atomic E-state index is 3.87. The van der Waals surface area contributed by atoms with Crippen molar-refractivity contribution in [1.82, 2.24) is 4.57 Å². The summed E-state index contributed by atoms with van der Waals surface area (Å²) in [5.41, 5.74) is 6.12. The first-order valence-electron chi connectivity index (χ1n) is 11.0. The Kier molecular flexibility index (Phi) is 4.23. The van der Waals surface area contributed by atoms with E-state index in [0.717, 1.165) is 4.47 Å². The number of halogens is 1. The Morgan fingerprint density at radius 3 is 2.15 bits per heavy atom. The molecule has 0 aliphatic carbocycles. The molecule has 1 nitrogen and oxygen atoms in total. The lowest BCUT2D eigenvalue weighted by Gasteiger charge is -2.08. The number of rotatable bonds is 2. The van der Waals surface area contributed by atoms with Crippen molar-refractivity contribution in [1.29, 1.82) is 0 Å². The molecular formula is C30H18BrNS. The fourth-order valence-corrected chi connectivity index (χ4v) is 6.95. The first-order valence-corrected chi connectivity index (χ1v) is 12.6. The van der Waals surface area contributed by atoms with Crippen molar-refractivity contribution in [2.45, 2.75) is 0 Å². The van der Waals surface area contributed by atoms with E-state index in [4.69, 9.17) is 0 Å². The van der Waals surface area contributed by atoms with Gasteiger partial charge in [0.25, 0.3) is 0 Å². The summed E-state index contributed by atoms with van der Waals surface area (Å²) in [5, 5.41) is 5.18. The van der Waals surface area contributed by atoms with Gasteiger partial charge in [-0.25, -0.2) is 0 Å². The number of para-hydroxylation sites is 2. The monoisotopic (exact) mass is 503 g/mol.